The fourth-order valence-corrected chi connectivity index (χ4v) is 2.63. The quantitative estimate of drug-likeness (QED) is 0.706. The number of halogens is 3. The van der Waals surface area contributed by atoms with Crippen LogP contribution in [0.5, 0.6) is 11.5 Å². The Bertz CT molecular complexity index is 618. The lowest BCUT2D eigenvalue weighted by Crippen LogP contribution is -2.16. The van der Waals surface area contributed by atoms with E-state index in [9.17, 15) is 0 Å². The molecule has 0 bridgehead atoms. The second-order valence-corrected chi connectivity index (χ2v) is 5.71. The summed E-state index contributed by atoms with van der Waals surface area (Å²) in [5.41, 5.74) is 2.31. The van der Waals surface area contributed by atoms with Gasteiger partial charge in [-0.25, -0.2) is 0 Å². The van der Waals surface area contributed by atoms with Gasteiger partial charge in [0.1, 0.15) is 0 Å². The van der Waals surface area contributed by atoms with E-state index in [2.05, 4.69) is 5.32 Å². The van der Waals surface area contributed by atoms with Gasteiger partial charge in [-0.3, -0.25) is 0 Å². The fourth-order valence-electron chi connectivity index (χ4n) is 2.19. The predicted molar refractivity (Wildman–Crippen MR) is 98.7 cm³/mol. The van der Waals surface area contributed by atoms with Crippen molar-refractivity contribution in [3.63, 3.8) is 0 Å². The summed E-state index contributed by atoms with van der Waals surface area (Å²) >= 11 is 12.1. The van der Waals surface area contributed by atoms with Crippen LogP contribution in [0.15, 0.2) is 36.4 Å². The molecule has 0 saturated heterocycles. The van der Waals surface area contributed by atoms with Crippen molar-refractivity contribution in [2.45, 2.75) is 13.0 Å². The molecule has 0 aliphatic heterocycles. The average Bonchev–Trinajstić information content (AvgIpc) is 2.52. The Hall–Kier alpha value is -1.13. The van der Waals surface area contributed by atoms with E-state index in [1.165, 1.54) is 5.56 Å². The van der Waals surface area contributed by atoms with Crippen LogP contribution >= 0.6 is 35.6 Å². The number of benzene rings is 2. The van der Waals surface area contributed by atoms with Crippen LogP contribution in [0.2, 0.25) is 10.0 Å². The maximum atomic E-state index is 6.19. The first-order valence-corrected chi connectivity index (χ1v) is 7.75. The van der Waals surface area contributed by atoms with Gasteiger partial charge in [0.05, 0.1) is 19.2 Å². The highest BCUT2D eigenvalue weighted by Crippen LogP contribution is 2.35. The van der Waals surface area contributed by atoms with E-state index < -0.39 is 0 Å². The summed E-state index contributed by atoms with van der Waals surface area (Å²) in [6.07, 6.45) is 0.943. The van der Waals surface area contributed by atoms with Crippen LogP contribution in [0.3, 0.4) is 0 Å². The number of rotatable bonds is 7. The van der Waals surface area contributed by atoms with Gasteiger partial charge in [-0.2, -0.15) is 0 Å². The van der Waals surface area contributed by atoms with Crippen LogP contribution in [-0.4, -0.2) is 20.8 Å². The second-order valence-electron chi connectivity index (χ2n) is 4.87. The Morgan fingerprint density at radius 2 is 1.65 bits per heavy atom. The Morgan fingerprint density at radius 3 is 2.26 bits per heavy atom. The lowest BCUT2D eigenvalue weighted by atomic mass is 10.1. The van der Waals surface area contributed by atoms with Gasteiger partial charge < -0.3 is 14.8 Å². The number of methoxy groups -OCH3 is 2. The Balaban J connectivity index is 0.00000264. The zero-order valence-electron chi connectivity index (χ0n) is 13.1. The third-order valence-electron chi connectivity index (χ3n) is 3.33. The molecule has 0 aliphatic carbocycles. The first kappa shape index (κ1) is 19.9. The molecule has 1 N–H and O–H groups in total. The zero-order valence-corrected chi connectivity index (χ0v) is 15.4. The average molecular weight is 377 g/mol. The van der Waals surface area contributed by atoms with Crippen molar-refractivity contribution >= 4 is 35.6 Å². The second kappa shape index (κ2) is 9.89. The summed E-state index contributed by atoms with van der Waals surface area (Å²) in [4.78, 5) is 0. The van der Waals surface area contributed by atoms with Crippen molar-refractivity contribution in [1.82, 2.24) is 5.32 Å². The van der Waals surface area contributed by atoms with E-state index in [1.54, 1.807) is 14.2 Å². The molecule has 0 saturated carbocycles. The zero-order chi connectivity index (χ0) is 15.9. The van der Waals surface area contributed by atoms with E-state index in [0.29, 0.717) is 23.1 Å². The molecule has 2 aromatic carbocycles. The number of hydrogen-bond acceptors (Lipinski definition) is 3. The molecule has 2 rings (SSSR count). The fraction of sp³-hybridized carbons (Fsp3) is 0.294. The van der Waals surface area contributed by atoms with Crippen LogP contribution in [0.25, 0.3) is 0 Å². The molecular weight excluding hydrogens is 357 g/mol. The molecule has 3 nitrogen and oxygen atoms in total. The molecular formula is C17H20Cl3NO2. The van der Waals surface area contributed by atoms with E-state index in [-0.39, 0.29) is 12.4 Å². The highest BCUT2D eigenvalue weighted by molar-refractivity contribution is 6.32. The van der Waals surface area contributed by atoms with Crippen molar-refractivity contribution in [3.8, 4) is 11.5 Å². The molecule has 2 aromatic rings. The molecule has 0 atom stereocenters. The SMILES string of the molecule is COc1cc(CNCCc2ccc(Cl)cc2)cc(Cl)c1OC.Cl. The van der Waals surface area contributed by atoms with Crippen LogP contribution < -0.4 is 14.8 Å². The van der Waals surface area contributed by atoms with Gasteiger partial charge >= 0.3 is 0 Å². The molecule has 0 fully saturated rings. The van der Waals surface area contributed by atoms with Crippen molar-refractivity contribution in [2.75, 3.05) is 20.8 Å². The Labute approximate surface area is 153 Å². The Morgan fingerprint density at radius 1 is 0.957 bits per heavy atom. The largest absolute Gasteiger partial charge is 0.493 e. The normalized spacial score (nSPS) is 10.1. The maximum Gasteiger partial charge on any atom is 0.179 e. The van der Waals surface area contributed by atoms with Gasteiger partial charge in [0.25, 0.3) is 0 Å². The lowest BCUT2D eigenvalue weighted by Gasteiger charge is -2.12. The highest BCUT2D eigenvalue weighted by atomic mass is 35.5. The van der Waals surface area contributed by atoms with E-state index in [0.717, 1.165) is 23.6 Å². The molecule has 23 heavy (non-hydrogen) atoms. The monoisotopic (exact) mass is 375 g/mol. The molecule has 0 amide bonds. The highest BCUT2D eigenvalue weighted by Gasteiger charge is 2.10. The van der Waals surface area contributed by atoms with Gasteiger partial charge in [-0.15, -0.1) is 12.4 Å². The molecule has 126 valence electrons. The third-order valence-corrected chi connectivity index (χ3v) is 3.86. The smallest absolute Gasteiger partial charge is 0.179 e. The first-order chi connectivity index (χ1) is 10.6. The van der Waals surface area contributed by atoms with E-state index in [1.807, 2.05) is 36.4 Å². The van der Waals surface area contributed by atoms with Crippen LogP contribution in [0.4, 0.5) is 0 Å². The minimum absolute atomic E-state index is 0. The van der Waals surface area contributed by atoms with Crippen molar-refractivity contribution < 1.29 is 9.47 Å². The van der Waals surface area contributed by atoms with Crippen LogP contribution in [0.1, 0.15) is 11.1 Å². The van der Waals surface area contributed by atoms with Crippen molar-refractivity contribution in [2.24, 2.45) is 0 Å². The van der Waals surface area contributed by atoms with Gasteiger partial charge in [-0.1, -0.05) is 35.3 Å². The van der Waals surface area contributed by atoms with Crippen LogP contribution in [0, 0.1) is 0 Å². The molecule has 0 spiro atoms. The topological polar surface area (TPSA) is 30.5 Å². The van der Waals surface area contributed by atoms with Crippen LogP contribution in [-0.2, 0) is 13.0 Å². The molecule has 0 unspecified atom stereocenters. The first-order valence-electron chi connectivity index (χ1n) is 6.99. The standard InChI is InChI=1S/C17H19Cl2NO2.ClH/c1-21-16-10-13(9-15(19)17(16)22-2)11-20-8-7-12-3-5-14(18)6-4-12;/h3-6,9-10,20H,7-8,11H2,1-2H3;1H. The van der Waals surface area contributed by atoms with Crippen molar-refractivity contribution in [3.05, 3.63) is 57.6 Å². The minimum Gasteiger partial charge on any atom is -0.493 e. The van der Waals surface area contributed by atoms with Gasteiger partial charge in [0, 0.05) is 11.6 Å². The summed E-state index contributed by atoms with van der Waals surface area (Å²) in [7, 11) is 3.18. The number of nitrogens with one attached hydrogen (secondary N) is 1. The van der Waals surface area contributed by atoms with Gasteiger partial charge in [0.15, 0.2) is 11.5 Å². The van der Waals surface area contributed by atoms with Gasteiger partial charge in [0.2, 0.25) is 0 Å². The Kier molecular flexibility index (Phi) is 8.56. The number of hydrogen-bond donors (Lipinski definition) is 1. The minimum atomic E-state index is 0. The van der Waals surface area contributed by atoms with Gasteiger partial charge in [-0.05, 0) is 48.4 Å². The molecule has 0 aliphatic rings. The molecule has 0 heterocycles. The summed E-state index contributed by atoms with van der Waals surface area (Å²) in [6.45, 7) is 1.58. The van der Waals surface area contributed by atoms with E-state index in [4.69, 9.17) is 32.7 Å². The molecule has 0 aromatic heterocycles. The maximum absolute atomic E-state index is 6.19. The third kappa shape index (κ3) is 5.78. The lowest BCUT2D eigenvalue weighted by molar-refractivity contribution is 0.354. The summed E-state index contributed by atoms with van der Waals surface area (Å²) in [5, 5.41) is 4.71. The number of ether oxygens (including phenoxy) is 2. The van der Waals surface area contributed by atoms with E-state index >= 15 is 0 Å². The molecule has 6 heteroatoms. The van der Waals surface area contributed by atoms with Crippen molar-refractivity contribution in [1.29, 1.82) is 0 Å². The summed E-state index contributed by atoms with van der Waals surface area (Å²) < 4.78 is 10.5. The predicted octanol–water partition coefficient (Wildman–Crippen LogP) is 4.76. The summed E-state index contributed by atoms with van der Waals surface area (Å²) in [5.74, 6) is 1.21. The summed E-state index contributed by atoms with van der Waals surface area (Å²) in [6, 6.07) is 11.7. The molecule has 0 radical (unpaired) electrons.